The predicted molar refractivity (Wildman–Crippen MR) is 72.1 cm³/mol. The highest BCUT2D eigenvalue weighted by Crippen LogP contribution is 2.69. The second-order valence-electron chi connectivity index (χ2n) is 7.40. The van der Waals surface area contributed by atoms with Gasteiger partial charge in [0.05, 0.1) is 0 Å². The number of benzene rings is 1. The van der Waals surface area contributed by atoms with Crippen LogP contribution in [-0.2, 0) is 5.41 Å². The summed E-state index contributed by atoms with van der Waals surface area (Å²) in [6, 6.07) is 9.42. The van der Waals surface area contributed by atoms with E-state index in [0.717, 1.165) is 23.7 Å². The number of hydrogen-bond acceptors (Lipinski definition) is 1. The molecule has 1 nitrogen and oxygen atoms in total. The van der Waals surface area contributed by atoms with Crippen molar-refractivity contribution < 1.29 is 0 Å². The molecule has 4 atom stereocenters. The van der Waals surface area contributed by atoms with Crippen molar-refractivity contribution in [3.63, 3.8) is 0 Å². The summed E-state index contributed by atoms with van der Waals surface area (Å²) in [5.74, 6) is 3.72. The Kier molecular flexibility index (Phi) is 1.68. The molecule has 4 fully saturated rings. The fourth-order valence-corrected chi connectivity index (χ4v) is 6.55. The van der Waals surface area contributed by atoms with Crippen LogP contribution in [0.15, 0.2) is 24.3 Å². The van der Waals surface area contributed by atoms with Crippen LogP contribution in [0, 0.1) is 23.7 Å². The van der Waals surface area contributed by atoms with Crippen molar-refractivity contribution >= 4 is 0 Å². The largest absolute Gasteiger partial charge is 0.324 e. The van der Waals surface area contributed by atoms with E-state index in [1.807, 2.05) is 0 Å². The van der Waals surface area contributed by atoms with Gasteiger partial charge < -0.3 is 5.73 Å². The minimum absolute atomic E-state index is 0.325. The molecule has 18 heavy (non-hydrogen) atoms. The molecule has 1 spiro atoms. The maximum atomic E-state index is 6.65. The monoisotopic (exact) mass is 239 g/mol. The Hall–Kier alpha value is -0.820. The maximum absolute atomic E-state index is 6.65. The van der Waals surface area contributed by atoms with Crippen molar-refractivity contribution in [2.45, 2.75) is 43.6 Å². The van der Waals surface area contributed by atoms with Gasteiger partial charge in [-0.25, -0.2) is 0 Å². The normalized spacial score (nSPS) is 51.3. The van der Waals surface area contributed by atoms with E-state index in [9.17, 15) is 0 Å². The van der Waals surface area contributed by atoms with Gasteiger partial charge in [-0.3, -0.25) is 0 Å². The molecule has 1 aromatic carbocycles. The Labute approximate surface area is 109 Å². The van der Waals surface area contributed by atoms with E-state index >= 15 is 0 Å². The second kappa shape index (κ2) is 3.01. The van der Waals surface area contributed by atoms with E-state index < -0.39 is 0 Å². The number of hydrogen-bond donors (Lipinski definition) is 1. The van der Waals surface area contributed by atoms with Crippen LogP contribution in [0.4, 0.5) is 0 Å². The average molecular weight is 239 g/mol. The quantitative estimate of drug-likeness (QED) is 0.738. The number of nitrogens with two attached hydrogens (primary N) is 1. The smallest absolute Gasteiger partial charge is 0.0337 e. The van der Waals surface area contributed by atoms with Crippen molar-refractivity contribution in [1.82, 2.24) is 0 Å². The lowest BCUT2D eigenvalue weighted by Gasteiger charge is -2.60. The molecular formula is C17H21N. The van der Waals surface area contributed by atoms with E-state index in [4.69, 9.17) is 5.73 Å². The summed E-state index contributed by atoms with van der Waals surface area (Å²) in [7, 11) is 0. The second-order valence-corrected chi connectivity index (χ2v) is 7.40. The van der Waals surface area contributed by atoms with E-state index in [2.05, 4.69) is 24.3 Å². The standard InChI is InChI=1S/C17H21N/c18-16-13-3-1-2-4-14(13)17-8-10-5-11(9-17)7-12(6-10)15(16)17/h1-4,10-12,15-16H,5-9,18H2/t10?,11?,12?,15-,16+,17?/m1/s1. The lowest BCUT2D eigenvalue weighted by atomic mass is 9.45. The van der Waals surface area contributed by atoms with Crippen LogP contribution in [0.2, 0.25) is 0 Å². The van der Waals surface area contributed by atoms with Crippen LogP contribution < -0.4 is 5.73 Å². The van der Waals surface area contributed by atoms with Gasteiger partial charge in [0, 0.05) is 11.5 Å². The average Bonchev–Trinajstić information content (AvgIpc) is 2.60. The zero-order valence-corrected chi connectivity index (χ0v) is 10.8. The fraction of sp³-hybridized carbons (Fsp3) is 0.647. The molecule has 0 aliphatic heterocycles. The zero-order chi connectivity index (χ0) is 11.9. The van der Waals surface area contributed by atoms with Crippen molar-refractivity contribution in [2.75, 3.05) is 0 Å². The molecule has 0 amide bonds. The molecule has 0 radical (unpaired) electrons. The molecule has 5 aliphatic rings. The van der Waals surface area contributed by atoms with Gasteiger partial charge in [0.25, 0.3) is 0 Å². The van der Waals surface area contributed by atoms with E-state index in [-0.39, 0.29) is 0 Å². The molecule has 4 saturated carbocycles. The van der Waals surface area contributed by atoms with Gasteiger partial charge in [-0.1, -0.05) is 24.3 Å². The van der Waals surface area contributed by atoms with Crippen LogP contribution in [0.5, 0.6) is 0 Å². The Balaban J connectivity index is 1.76. The summed E-state index contributed by atoms with van der Waals surface area (Å²) in [6.07, 6.45) is 7.35. The summed E-state index contributed by atoms with van der Waals surface area (Å²) in [4.78, 5) is 0. The molecule has 0 heterocycles. The molecule has 94 valence electrons. The molecule has 6 rings (SSSR count). The van der Waals surface area contributed by atoms with E-state index in [0.29, 0.717) is 11.5 Å². The molecular weight excluding hydrogens is 218 g/mol. The van der Waals surface area contributed by atoms with Gasteiger partial charge in [-0.15, -0.1) is 0 Å². The minimum Gasteiger partial charge on any atom is -0.324 e. The van der Waals surface area contributed by atoms with Gasteiger partial charge in [0.1, 0.15) is 0 Å². The highest BCUT2D eigenvalue weighted by Gasteiger charge is 2.62. The summed E-state index contributed by atoms with van der Waals surface area (Å²) >= 11 is 0. The first-order valence-corrected chi connectivity index (χ1v) is 7.63. The molecule has 2 unspecified atom stereocenters. The predicted octanol–water partition coefficient (Wildman–Crippen LogP) is 3.39. The highest BCUT2D eigenvalue weighted by molar-refractivity contribution is 5.46. The van der Waals surface area contributed by atoms with Crippen LogP contribution in [0.3, 0.4) is 0 Å². The van der Waals surface area contributed by atoms with Crippen molar-refractivity contribution in [1.29, 1.82) is 0 Å². The Morgan fingerprint density at radius 3 is 2.50 bits per heavy atom. The lowest BCUT2D eigenvalue weighted by molar-refractivity contribution is -0.0606. The van der Waals surface area contributed by atoms with Gasteiger partial charge in [-0.05, 0) is 66.9 Å². The third-order valence-corrected chi connectivity index (χ3v) is 6.63. The van der Waals surface area contributed by atoms with Crippen molar-refractivity contribution in [2.24, 2.45) is 29.4 Å². The van der Waals surface area contributed by atoms with Gasteiger partial charge in [0.2, 0.25) is 0 Å². The summed E-state index contributed by atoms with van der Waals surface area (Å²) in [6.45, 7) is 0. The number of rotatable bonds is 0. The maximum Gasteiger partial charge on any atom is 0.0337 e. The molecule has 1 aromatic rings. The molecule has 5 aliphatic carbocycles. The van der Waals surface area contributed by atoms with Crippen LogP contribution in [0.1, 0.15) is 49.3 Å². The van der Waals surface area contributed by atoms with Crippen molar-refractivity contribution in [3.05, 3.63) is 35.4 Å². The zero-order valence-electron chi connectivity index (χ0n) is 10.8. The number of fused-ring (bicyclic) bond motifs is 1. The van der Waals surface area contributed by atoms with E-state index in [1.165, 1.54) is 37.7 Å². The summed E-state index contributed by atoms with van der Waals surface area (Å²) < 4.78 is 0. The van der Waals surface area contributed by atoms with Crippen LogP contribution >= 0.6 is 0 Å². The van der Waals surface area contributed by atoms with E-state index in [1.54, 1.807) is 5.56 Å². The van der Waals surface area contributed by atoms with Crippen LogP contribution in [0.25, 0.3) is 0 Å². The summed E-state index contributed by atoms with van der Waals surface area (Å²) in [5.41, 5.74) is 10.3. The summed E-state index contributed by atoms with van der Waals surface area (Å²) in [5, 5.41) is 0. The minimum atomic E-state index is 0.325. The lowest BCUT2D eigenvalue weighted by Crippen LogP contribution is -2.54. The SMILES string of the molecule is N[C@H]1c2ccccc2C23CC4CC(CC(C4)[C@H]12)C3. The Morgan fingerprint density at radius 1 is 1.00 bits per heavy atom. The fourth-order valence-electron chi connectivity index (χ4n) is 6.55. The van der Waals surface area contributed by atoms with Crippen LogP contribution in [-0.4, -0.2) is 0 Å². The molecule has 1 heteroatoms. The van der Waals surface area contributed by atoms with Gasteiger partial charge in [-0.2, -0.15) is 0 Å². The topological polar surface area (TPSA) is 26.0 Å². The molecule has 0 aromatic heterocycles. The Morgan fingerprint density at radius 2 is 1.72 bits per heavy atom. The van der Waals surface area contributed by atoms with Gasteiger partial charge in [0.15, 0.2) is 0 Å². The molecule has 0 saturated heterocycles. The first-order chi connectivity index (χ1) is 8.78. The third kappa shape index (κ3) is 0.967. The third-order valence-electron chi connectivity index (χ3n) is 6.63. The molecule has 4 bridgehead atoms. The highest BCUT2D eigenvalue weighted by atomic mass is 14.8. The van der Waals surface area contributed by atoms with Crippen molar-refractivity contribution in [3.8, 4) is 0 Å². The van der Waals surface area contributed by atoms with Gasteiger partial charge >= 0.3 is 0 Å². The first-order valence-electron chi connectivity index (χ1n) is 7.63. The first kappa shape index (κ1) is 10.0. The molecule has 2 N–H and O–H groups in total. The Bertz CT molecular complexity index is 506.